The highest BCUT2D eigenvalue weighted by molar-refractivity contribution is 5.76. The molecule has 0 aromatic heterocycles. The number of fused-ring (bicyclic) bond motifs is 1. The quantitative estimate of drug-likeness (QED) is 0.842. The van der Waals surface area contributed by atoms with Crippen LogP contribution in [0.3, 0.4) is 0 Å². The van der Waals surface area contributed by atoms with Gasteiger partial charge in [-0.25, -0.2) is 0 Å². The van der Waals surface area contributed by atoms with Crippen molar-refractivity contribution in [1.82, 2.24) is 0 Å². The lowest BCUT2D eigenvalue weighted by Crippen LogP contribution is -2.20. The summed E-state index contributed by atoms with van der Waals surface area (Å²) in [6.07, 6.45) is 2.28. The second-order valence-electron chi connectivity index (χ2n) is 5.78. The number of rotatable bonds is 5. The lowest BCUT2D eigenvalue weighted by atomic mass is 9.97. The van der Waals surface area contributed by atoms with Gasteiger partial charge in [0.25, 0.3) is 0 Å². The molecular formula is C16H26N2O. The van der Waals surface area contributed by atoms with E-state index in [0.29, 0.717) is 5.92 Å². The van der Waals surface area contributed by atoms with Crippen LogP contribution in [0, 0.1) is 11.8 Å². The van der Waals surface area contributed by atoms with Crippen LogP contribution in [-0.2, 0) is 0 Å². The minimum absolute atomic E-state index is 0.673. The number of benzene rings is 1. The molecule has 0 fully saturated rings. The van der Waals surface area contributed by atoms with Crippen LogP contribution >= 0.6 is 0 Å². The maximum absolute atomic E-state index is 5.82. The highest BCUT2D eigenvalue weighted by Gasteiger charge is 2.18. The molecular weight excluding hydrogens is 236 g/mol. The van der Waals surface area contributed by atoms with Gasteiger partial charge < -0.3 is 15.4 Å². The van der Waals surface area contributed by atoms with Crippen LogP contribution in [0.1, 0.15) is 33.6 Å². The molecule has 19 heavy (non-hydrogen) atoms. The molecule has 1 aliphatic rings. The number of nitrogens with one attached hydrogen (secondary N) is 2. The minimum Gasteiger partial charge on any atom is -0.491 e. The number of para-hydroxylation sites is 1. The van der Waals surface area contributed by atoms with Gasteiger partial charge in [-0.1, -0.05) is 26.8 Å². The third-order valence-electron chi connectivity index (χ3n) is 3.44. The van der Waals surface area contributed by atoms with Gasteiger partial charge in [-0.3, -0.25) is 0 Å². The van der Waals surface area contributed by atoms with Gasteiger partial charge in [0.2, 0.25) is 0 Å². The van der Waals surface area contributed by atoms with E-state index in [1.807, 2.05) is 6.07 Å². The number of hydrogen-bond donors (Lipinski definition) is 2. The van der Waals surface area contributed by atoms with Gasteiger partial charge in [-0.05, 0) is 36.8 Å². The maximum atomic E-state index is 5.82. The van der Waals surface area contributed by atoms with Crippen LogP contribution in [0.5, 0.6) is 5.75 Å². The summed E-state index contributed by atoms with van der Waals surface area (Å²) in [5.41, 5.74) is 2.29. The van der Waals surface area contributed by atoms with Gasteiger partial charge in [0.15, 0.2) is 0 Å². The first-order valence-electron chi connectivity index (χ1n) is 7.44. The molecule has 0 amide bonds. The Kier molecular flexibility index (Phi) is 4.94. The molecule has 0 saturated heterocycles. The van der Waals surface area contributed by atoms with Crippen LogP contribution in [0.15, 0.2) is 18.2 Å². The summed E-state index contributed by atoms with van der Waals surface area (Å²) in [5.74, 6) is 2.38. The zero-order valence-corrected chi connectivity index (χ0v) is 12.3. The average molecular weight is 262 g/mol. The lowest BCUT2D eigenvalue weighted by molar-refractivity contribution is 0.319. The Hall–Kier alpha value is -1.38. The molecule has 2 N–H and O–H groups in total. The van der Waals surface area contributed by atoms with Gasteiger partial charge in [0.05, 0.1) is 12.3 Å². The van der Waals surface area contributed by atoms with Crippen molar-refractivity contribution in [1.29, 1.82) is 0 Å². The molecule has 0 bridgehead atoms. The predicted octanol–water partition coefficient (Wildman–Crippen LogP) is 3.98. The third kappa shape index (κ3) is 3.79. The van der Waals surface area contributed by atoms with Gasteiger partial charge in [0, 0.05) is 13.1 Å². The summed E-state index contributed by atoms with van der Waals surface area (Å²) in [6.45, 7) is 9.53. The Labute approximate surface area is 116 Å². The fourth-order valence-electron chi connectivity index (χ4n) is 2.60. The van der Waals surface area contributed by atoms with Gasteiger partial charge in [-0.15, -0.1) is 0 Å². The summed E-state index contributed by atoms with van der Waals surface area (Å²) in [4.78, 5) is 0. The summed E-state index contributed by atoms with van der Waals surface area (Å²) >= 11 is 0. The van der Waals surface area contributed by atoms with E-state index in [9.17, 15) is 0 Å². The highest BCUT2D eigenvalue weighted by Crippen LogP contribution is 2.35. The second-order valence-corrected chi connectivity index (χ2v) is 5.78. The molecule has 0 saturated carbocycles. The Morgan fingerprint density at radius 1 is 1.26 bits per heavy atom. The first kappa shape index (κ1) is 14.0. The Morgan fingerprint density at radius 3 is 2.79 bits per heavy atom. The number of ether oxygens (including phenoxy) is 1. The predicted molar refractivity (Wildman–Crippen MR) is 82.2 cm³/mol. The van der Waals surface area contributed by atoms with Crippen molar-refractivity contribution < 1.29 is 4.74 Å². The molecule has 3 heteroatoms. The zero-order chi connectivity index (χ0) is 13.7. The Bertz CT molecular complexity index is 404. The van der Waals surface area contributed by atoms with Crippen molar-refractivity contribution in [3.05, 3.63) is 18.2 Å². The summed E-state index contributed by atoms with van der Waals surface area (Å²) in [6, 6.07) is 6.23. The molecule has 106 valence electrons. The van der Waals surface area contributed by atoms with Crippen molar-refractivity contribution in [2.75, 3.05) is 30.3 Å². The van der Waals surface area contributed by atoms with E-state index >= 15 is 0 Å². The number of hydrogen-bond acceptors (Lipinski definition) is 3. The summed E-state index contributed by atoms with van der Waals surface area (Å²) in [5, 5.41) is 7.13. The zero-order valence-electron chi connectivity index (χ0n) is 12.3. The molecule has 1 aliphatic heterocycles. The monoisotopic (exact) mass is 262 g/mol. The van der Waals surface area contributed by atoms with Crippen LogP contribution in [-0.4, -0.2) is 19.7 Å². The fraction of sp³-hybridized carbons (Fsp3) is 0.625. The standard InChI is InChI=1S/C16H26N2O/c1-4-8-19-15-7-5-6-14-16(15)18-11-13(10-17-14)9-12(2)3/h5-7,12-13,17-18H,4,8-11H2,1-3H3. The smallest absolute Gasteiger partial charge is 0.144 e. The average Bonchev–Trinajstić information content (AvgIpc) is 2.59. The molecule has 0 radical (unpaired) electrons. The largest absolute Gasteiger partial charge is 0.491 e. The SMILES string of the molecule is CCCOc1cccc2c1NCC(CC(C)C)CN2. The van der Waals surface area contributed by atoms with Crippen molar-refractivity contribution in [3.63, 3.8) is 0 Å². The van der Waals surface area contributed by atoms with Crippen molar-refractivity contribution >= 4 is 11.4 Å². The van der Waals surface area contributed by atoms with Crippen LogP contribution < -0.4 is 15.4 Å². The van der Waals surface area contributed by atoms with Crippen LogP contribution in [0.4, 0.5) is 11.4 Å². The van der Waals surface area contributed by atoms with E-state index in [1.54, 1.807) is 0 Å². The second kappa shape index (κ2) is 6.69. The molecule has 1 aromatic rings. The normalized spacial score (nSPS) is 18.2. The first-order chi connectivity index (χ1) is 9.20. The molecule has 0 aliphatic carbocycles. The topological polar surface area (TPSA) is 33.3 Å². The van der Waals surface area contributed by atoms with E-state index < -0.39 is 0 Å². The third-order valence-corrected chi connectivity index (χ3v) is 3.44. The number of anilines is 2. The van der Waals surface area contributed by atoms with Crippen LogP contribution in [0.2, 0.25) is 0 Å². The maximum Gasteiger partial charge on any atom is 0.144 e. The van der Waals surface area contributed by atoms with Gasteiger partial charge in [-0.2, -0.15) is 0 Å². The minimum atomic E-state index is 0.673. The molecule has 1 aromatic carbocycles. The van der Waals surface area contributed by atoms with Crippen molar-refractivity contribution in [2.24, 2.45) is 11.8 Å². The van der Waals surface area contributed by atoms with E-state index in [4.69, 9.17) is 4.74 Å². The molecule has 0 spiro atoms. The Morgan fingerprint density at radius 2 is 2.05 bits per heavy atom. The molecule has 1 heterocycles. The first-order valence-corrected chi connectivity index (χ1v) is 7.44. The van der Waals surface area contributed by atoms with Crippen molar-refractivity contribution in [3.8, 4) is 5.75 Å². The van der Waals surface area contributed by atoms with E-state index in [2.05, 4.69) is 43.5 Å². The van der Waals surface area contributed by atoms with E-state index in [-0.39, 0.29) is 0 Å². The summed E-state index contributed by atoms with van der Waals surface area (Å²) in [7, 11) is 0. The van der Waals surface area contributed by atoms with Gasteiger partial charge >= 0.3 is 0 Å². The van der Waals surface area contributed by atoms with Crippen molar-refractivity contribution in [2.45, 2.75) is 33.6 Å². The molecule has 1 unspecified atom stereocenters. The lowest BCUT2D eigenvalue weighted by Gasteiger charge is -2.17. The molecule has 1 atom stereocenters. The molecule has 2 rings (SSSR count). The molecule has 3 nitrogen and oxygen atoms in total. The van der Waals surface area contributed by atoms with E-state index in [0.717, 1.165) is 43.5 Å². The van der Waals surface area contributed by atoms with E-state index in [1.165, 1.54) is 12.1 Å². The highest BCUT2D eigenvalue weighted by atomic mass is 16.5. The van der Waals surface area contributed by atoms with Crippen LogP contribution in [0.25, 0.3) is 0 Å². The Balaban J connectivity index is 2.08. The summed E-state index contributed by atoms with van der Waals surface area (Å²) < 4.78 is 5.82. The fourth-order valence-corrected chi connectivity index (χ4v) is 2.60. The van der Waals surface area contributed by atoms with Gasteiger partial charge in [0.1, 0.15) is 11.4 Å².